The molecule has 1 fully saturated rings. The number of pyridine rings is 1. The van der Waals surface area contributed by atoms with E-state index in [1.54, 1.807) is 4.90 Å². The lowest BCUT2D eigenvalue weighted by Crippen LogP contribution is -2.39. The van der Waals surface area contributed by atoms with Gasteiger partial charge in [-0.15, -0.1) is 0 Å². The number of aromatic carboxylic acids is 1. The Morgan fingerprint density at radius 3 is 2.70 bits per heavy atom. The number of carbonyl (C=O) groups is 2. The van der Waals surface area contributed by atoms with Crippen molar-refractivity contribution in [1.82, 2.24) is 9.88 Å². The Morgan fingerprint density at radius 1 is 1.39 bits per heavy atom. The van der Waals surface area contributed by atoms with Gasteiger partial charge in [0, 0.05) is 18.7 Å². The number of carboxylic acid groups (broad SMARTS) is 1. The molecular formula is C16H22N2O5. The first kappa shape index (κ1) is 17.2. The molecule has 0 spiro atoms. The highest BCUT2D eigenvalue weighted by molar-refractivity contribution is 5.95. The van der Waals surface area contributed by atoms with Gasteiger partial charge in [-0.1, -0.05) is 0 Å². The van der Waals surface area contributed by atoms with Gasteiger partial charge in [-0.2, -0.15) is 0 Å². The molecule has 0 bridgehead atoms. The number of aromatic nitrogens is 1. The quantitative estimate of drug-likeness (QED) is 0.859. The normalized spacial score (nSPS) is 17.6. The minimum atomic E-state index is -1.20. The highest BCUT2D eigenvalue weighted by atomic mass is 16.5. The average molecular weight is 322 g/mol. The van der Waals surface area contributed by atoms with Crippen LogP contribution in [0.15, 0.2) is 12.1 Å². The molecule has 7 nitrogen and oxygen atoms in total. The molecule has 1 aliphatic rings. The lowest BCUT2D eigenvalue weighted by atomic mass is 10.2. The third-order valence-corrected chi connectivity index (χ3v) is 3.73. The summed E-state index contributed by atoms with van der Waals surface area (Å²) in [7, 11) is 1.42. The third-order valence-electron chi connectivity index (χ3n) is 3.73. The van der Waals surface area contributed by atoms with Crippen LogP contribution in [0.25, 0.3) is 0 Å². The SMILES string of the molecule is COc1cc(C(=O)O)nc(C(=O)N2CCC[C@@H]2COC(C)C)c1. The summed E-state index contributed by atoms with van der Waals surface area (Å²) in [4.78, 5) is 29.5. The van der Waals surface area contributed by atoms with Gasteiger partial charge in [-0.05, 0) is 26.7 Å². The molecule has 2 heterocycles. The molecule has 1 aliphatic heterocycles. The van der Waals surface area contributed by atoms with E-state index in [2.05, 4.69) is 4.98 Å². The minimum Gasteiger partial charge on any atom is -0.497 e. The molecule has 0 aliphatic carbocycles. The predicted molar refractivity (Wildman–Crippen MR) is 82.9 cm³/mol. The summed E-state index contributed by atoms with van der Waals surface area (Å²) in [6, 6.07) is 2.75. The maximum atomic E-state index is 12.7. The van der Waals surface area contributed by atoms with Crippen molar-refractivity contribution in [2.45, 2.75) is 38.8 Å². The number of hydrogen-bond donors (Lipinski definition) is 1. The Hall–Kier alpha value is -2.15. The molecule has 1 atom stereocenters. The van der Waals surface area contributed by atoms with Crippen molar-refractivity contribution < 1.29 is 24.2 Å². The molecule has 0 aromatic carbocycles. The summed E-state index contributed by atoms with van der Waals surface area (Å²) in [5.74, 6) is -1.18. The standard InChI is InChI=1S/C16H22N2O5/c1-10(2)23-9-11-5-4-6-18(11)15(19)13-7-12(22-3)8-14(17-13)16(20)21/h7-8,10-11H,4-6,9H2,1-3H3,(H,20,21)/t11-/m1/s1. The predicted octanol–water partition coefficient (Wildman–Crippen LogP) is 1.82. The smallest absolute Gasteiger partial charge is 0.354 e. The van der Waals surface area contributed by atoms with Gasteiger partial charge in [0.05, 0.1) is 25.9 Å². The van der Waals surface area contributed by atoms with Crippen molar-refractivity contribution in [3.63, 3.8) is 0 Å². The molecule has 126 valence electrons. The van der Waals surface area contributed by atoms with Gasteiger partial charge in [0.15, 0.2) is 5.69 Å². The molecule has 1 aromatic rings. The van der Waals surface area contributed by atoms with Gasteiger partial charge in [0.1, 0.15) is 11.4 Å². The Balaban J connectivity index is 2.21. The molecule has 23 heavy (non-hydrogen) atoms. The second kappa shape index (κ2) is 7.41. The number of amides is 1. The zero-order valence-corrected chi connectivity index (χ0v) is 13.6. The minimum absolute atomic E-state index is 0.00817. The first-order valence-corrected chi connectivity index (χ1v) is 7.64. The van der Waals surface area contributed by atoms with Gasteiger partial charge in [-0.3, -0.25) is 4.79 Å². The highest BCUT2D eigenvalue weighted by Gasteiger charge is 2.31. The number of hydrogen-bond acceptors (Lipinski definition) is 5. The Morgan fingerprint density at radius 2 is 2.09 bits per heavy atom. The number of methoxy groups -OCH3 is 1. The summed E-state index contributed by atoms with van der Waals surface area (Å²) in [5, 5.41) is 9.11. The zero-order chi connectivity index (χ0) is 17.0. The van der Waals surface area contributed by atoms with Crippen LogP contribution in [0.2, 0.25) is 0 Å². The highest BCUT2D eigenvalue weighted by Crippen LogP contribution is 2.22. The number of nitrogens with zero attached hydrogens (tertiary/aromatic N) is 2. The number of carbonyl (C=O) groups excluding carboxylic acids is 1. The van der Waals surface area contributed by atoms with Gasteiger partial charge in [-0.25, -0.2) is 9.78 Å². The summed E-state index contributed by atoms with van der Waals surface area (Å²) < 4.78 is 10.7. The fraction of sp³-hybridized carbons (Fsp3) is 0.562. The molecule has 1 amide bonds. The molecule has 2 rings (SSSR count). The van der Waals surface area contributed by atoms with Crippen LogP contribution in [-0.2, 0) is 4.74 Å². The largest absolute Gasteiger partial charge is 0.497 e. The van der Waals surface area contributed by atoms with E-state index in [9.17, 15) is 9.59 Å². The van der Waals surface area contributed by atoms with Crippen molar-refractivity contribution in [2.75, 3.05) is 20.3 Å². The lowest BCUT2D eigenvalue weighted by Gasteiger charge is -2.25. The van der Waals surface area contributed by atoms with Crippen LogP contribution in [0.1, 0.15) is 47.7 Å². The van der Waals surface area contributed by atoms with Crippen LogP contribution in [0, 0.1) is 0 Å². The Kier molecular flexibility index (Phi) is 5.54. The van der Waals surface area contributed by atoms with E-state index in [-0.39, 0.29) is 29.4 Å². The molecular weight excluding hydrogens is 300 g/mol. The third kappa shape index (κ3) is 4.19. The van der Waals surface area contributed by atoms with E-state index < -0.39 is 5.97 Å². The van der Waals surface area contributed by atoms with E-state index >= 15 is 0 Å². The van der Waals surface area contributed by atoms with Crippen molar-refractivity contribution in [1.29, 1.82) is 0 Å². The monoisotopic (exact) mass is 322 g/mol. The second-order valence-corrected chi connectivity index (χ2v) is 5.76. The molecule has 0 unspecified atom stereocenters. The van der Waals surface area contributed by atoms with Crippen molar-refractivity contribution in [3.8, 4) is 5.75 Å². The van der Waals surface area contributed by atoms with E-state index in [1.165, 1.54) is 19.2 Å². The van der Waals surface area contributed by atoms with Crippen molar-refractivity contribution >= 4 is 11.9 Å². The van der Waals surface area contributed by atoms with Crippen molar-refractivity contribution in [3.05, 3.63) is 23.5 Å². The number of likely N-dealkylation sites (tertiary alicyclic amines) is 1. The molecule has 0 radical (unpaired) electrons. The summed E-state index contributed by atoms with van der Waals surface area (Å²) >= 11 is 0. The zero-order valence-electron chi connectivity index (χ0n) is 13.6. The first-order chi connectivity index (χ1) is 10.9. The van der Waals surface area contributed by atoms with E-state index in [0.29, 0.717) is 18.9 Å². The topological polar surface area (TPSA) is 89.0 Å². The fourth-order valence-electron chi connectivity index (χ4n) is 2.57. The summed E-state index contributed by atoms with van der Waals surface area (Å²) in [5.41, 5.74) is -0.125. The van der Waals surface area contributed by atoms with Crippen LogP contribution in [0.4, 0.5) is 0 Å². The maximum Gasteiger partial charge on any atom is 0.354 e. The number of carboxylic acids is 1. The average Bonchev–Trinajstić information content (AvgIpc) is 3.00. The van der Waals surface area contributed by atoms with Gasteiger partial charge < -0.3 is 19.5 Å². The summed E-state index contributed by atoms with van der Waals surface area (Å²) in [6.07, 6.45) is 1.86. The van der Waals surface area contributed by atoms with Crippen LogP contribution in [0.5, 0.6) is 5.75 Å². The molecule has 0 saturated carbocycles. The van der Waals surface area contributed by atoms with Gasteiger partial charge >= 0.3 is 5.97 Å². The first-order valence-electron chi connectivity index (χ1n) is 7.64. The van der Waals surface area contributed by atoms with Gasteiger partial charge in [0.25, 0.3) is 5.91 Å². The van der Waals surface area contributed by atoms with E-state index in [0.717, 1.165) is 12.8 Å². The Labute approximate surface area is 135 Å². The fourth-order valence-corrected chi connectivity index (χ4v) is 2.57. The molecule has 1 N–H and O–H groups in total. The number of rotatable bonds is 6. The second-order valence-electron chi connectivity index (χ2n) is 5.76. The van der Waals surface area contributed by atoms with Crippen LogP contribution in [0.3, 0.4) is 0 Å². The molecule has 1 saturated heterocycles. The van der Waals surface area contributed by atoms with Crippen LogP contribution < -0.4 is 4.74 Å². The van der Waals surface area contributed by atoms with E-state index in [1.807, 2.05) is 13.8 Å². The maximum absolute atomic E-state index is 12.7. The van der Waals surface area contributed by atoms with E-state index in [4.69, 9.17) is 14.6 Å². The molecule has 7 heteroatoms. The molecule has 1 aromatic heterocycles. The summed E-state index contributed by atoms with van der Waals surface area (Å²) in [6.45, 7) is 4.99. The Bertz CT molecular complexity index is 588. The van der Waals surface area contributed by atoms with Gasteiger partial charge in [0.2, 0.25) is 0 Å². The van der Waals surface area contributed by atoms with Crippen LogP contribution in [-0.4, -0.2) is 59.3 Å². The number of ether oxygens (including phenoxy) is 2. The lowest BCUT2D eigenvalue weighted by molar-refractivity contribution is 0.0323. The van der Waals surface area contributed by atoms with Crippen LogP contribution >= 0.6 is 0 Å². The van der Waals surface area contributed by atoms with Crippen molar-refractivity contribution in [2.24, 2.45) is 0 Å².